The highest BCUT2D eigenvalue weighted by atomic mass is 32.1. The Hall–Kier alpha value is -2.14. The molecular weight excluding hydrogens is 294 g/mol. The standard InChI is InChI=1S/C17H17N3OS/c18-20-14(10-11-6-2-1-3-7-11)19-15-12-8-4-5-9-13(12)22-16(15)17(20)21/h1-3,6-7H,4-5,8-10,18H2. The monoisotopic (exact) mass is 311 g/mol. The largest absolute Gasteiger partial charge is 0.335 e. The summed E-state index contributed by atoms with van der Waals surface area (Å²) in [6.45, 7) is 0. The first kappa shape index (κ1) is 13.5. The Bertz CT molecular complexity index is 896. The van der Waals surface area contributed by atoms with Gasteiger partial charge in [0, 0.05) is 11.3 Å². The van der Waals surface area contributed by atoms with Crippen molar-refractivity contribution >= 4 is 21.6 Å². The van der Waals surface area contributed by atoms with Gasteiger partial charge in [-0.3, -0.25) is 4.79 Å². The zero-order chi connectivity index (χ0) is 15.1. The molecule has 22 heavy (non-hydrogen) atoms. The molecule has 0 unspecified atom stereocenters. The van der Waals surface area contributed by atoms with Crippen LogP contribution in [0.1, 0.15) is 34.7 Å². The summed E-state index contributed by atoms with van der Waals surface area (Å²) in [6, 6.07) is 10.0. The SMILES string of the molecule is Nn1c(Cc2ccccc2)nc2c3c(sc2c1=O)CCCC3. The summed E-state index contributed by atoms with van der Waals surface area (Å²) in [5, 5.41) is 0. The molecular formula is C17H17N3OS. The third-order valence-corrected chi connectivity index (χ3v) is 5.55. The average Bonchev–Trinajstić information content (AvgIpc) is 2.92. The molecule has 0 fully saturated rings. The quantitative estimate of drug-likeness (QED) is 0.740. The molecule has 3 aromatic rings. The van der Waals surface area contributed by atoms with Crippen LogP contribution in [0.5, 0.6) is 0 Å². The predicted molar refractivity (Wildman–Crippen MR) is 89.9 cm³/mol. The second kappa shape index (κ2) is 5.25. The van der Waals surface area contributed by atoms with Crippen LogP contribution in [-0.2, 0) is 19.3 Å². The highest BCUT2D eigenvalue weighted by molar-refractivity contribution is 7.19. The summed E-state index contributed by atoms with van der Waals surface area (Å²) < 4.78 is 1.93. The average molecular weight is 311 g/mol. The number of aromatic nitrogens is 2. The van der Waals surface area contributed by atoms with Crippen molar-refractivity contribution in [1.82, 2.24) is 9.66 Å². The van der Waals surface area contributed by atoms with Crippen LogP contribution in [0.15, 0.2) is 35.1 Å². The second-order valence-corrected chi connectivity index (χ2v) is 6.86. The summed E-state index contributed by atoms with van der Waals surface area (Å²) in [7, 11) is 0. The molecule has 0 atom stereocenters. The molecule has 4 rings (SSSR count). The zero-order valence-electron chi connectivity index (χ0n) is 12.2. The third kappa shape index (κ3) is 2.13. The van der Waals surface area contributed by atoms with Crippen molar-refractivity contribution in [3.05, 3.63) is 62.5 Å². The molecule has 1 aliphatic rings. The molecule has 1 aliphatic carbocycles. The van der Waals surface area contributed by atoms with Gasteiger partial charge < -0.3 is 5.84 Å². The zero-order valence-corrected chi connectivity index (χ0v) is 13.0. The maximum absolute atomic E-state index is 12.6. The fourth-order valence-corrected chi connectivity index (χ4v) is 4.39. The van der Waals surface area contributed by atoms with E-state index in [1.54, 1.807) is 11.3 Å². The molecule has 0 radical (unpaired) electrons. The Kier molecular flexibility index (Phi) is 3.22. The van der Waals surface area contributed by atoms with E-state index < -0.39 is 0 Å². The lowest BCUT2D eigenvalue weighted by Gasteiger charge is -2.11. The van der Waals surface area contributed by atoms with E-state index in [0.717, 1.165) is 23.9 Å². The van der Waals surface area contributed by atoms with Crippen molar-refractivity contribution in [3.8, 4) is 0 Å². The summed E-state index contributed by atoms with van der Waals surface area (Å²) in [5.41, 5.74) is 3.16. The number of thiophene rings is 1. The number of aryl methyl sites for hydroxylation is 2. The van der Waals surface area contributed by atoms with E-state index in [0.29, 0.717) is 16.9 Å². The van der Waals surface area contributed by atoms with Crippen LogP contribution in [0.3, 0.4) is 0 Å². The van der Waals surface area contributed by atoms with Gasteiger partial charge in [0.05, 0.1) is 5.52 Å². The van der Waals surface area contributed by atoms with Crippen LogP contribution in [0.2, 0.25) is 0 Å². The van der Waals surface area contributed by atoms with E-state index in [-0.39, 0.29) is 5.56 Å². The number of nitrogens with zero attached hydrogens (tertiary/aromatic N) is 2. The first-order chi connectivity index (χ1) is 10.7. The van der Waals surface area contributed by atoms with Crippen LogP contribution in [-0.4, -0.2) is 9.66 Å². The maximum Gasteiger partial charge on any atom is 0.289 e. The van der Waals surface area contributed by atoms with Gasteiger partial charge in [-0.1, -0.05) is 30.3 Å². The smallest absolute Gasteiger partial charge is 0.289 e. The Balaban J connectivity index is 1.89. The van der Waals surface area contributed by atoms with E-state index in [2.05, 4.69) is 0 Å². The highest BCUT2D eigenvalue weighted by Crippen LogP contribution is 2.33. The van der Waals surface area contributed by atoms with Gasteiger partial charge in [-0.15, -0.1) is 11.3 Å². The molecule has 4 nitrogen and oxygen atoms in total. The van der Waals surface area contributed by atoms with Crippen LogP contribution in [0, 0.1) is 0 Å². The van der Waals surface area contributed by atoms with Crippen LogP contribution >= 0.6 is 11.3 Å². The molecule has 2 N–H and O–H groups in total. The number of benzene rings is 1. The minimum absolute atomic E-state index is 0.115. The Labute approximate surface area is 132 Å². The Morgan fingerprint density at radius 2 is 1.95 bits per heavy atom. The van der Waals surface area contributed by atoms with E-state index in [9.17, 15) is 4.79 Å². The van der Waals surface area contributed by atoms with Crippen molar-refractivity contribution in [2.75, 3.05) is 5.84 Å². The summed E-state index contributed by atoms with van der Waals surface area (Å²) >= 11 is 1.58. The fourth-order valence-electron chi connectivity index (χ4n) is 3.13. The maximum atomic E-state index is 12.6. The summed E-state index contributed by atoms with van der Waals surface area (Å²) in [5.74, 6) is 6.64. The van der Waals surface area contributed by atoms with Gasteiger partial charge in [0.25, 0.3) is 5.56 Å². The summed E-state index contributed by atoms with van der Waals surface area (Å²) in [6.07, 6.45) is 5.05. The van der Waals surface area contributed by atoms with Crippen LogP contribution < -0.4 is 11.4 Å². The lowest BCUT2D eigenvalue weighted by Crippen LogP contribution is -2.31. The summed E-state index contributed by atoms with van der Waals surface area (Å²) in [4.78, 5) is 18.6. The van der Waals surface area contributed by atoms with Crippen LogP contribution in [0.4, 0.5) is 0 Å². The topological polar surface area (TPSA) is 60.9 Å². The first-order valence-corrected chi connectivity index (χ1v) is 8.41. The van der Waals surface area contributed by atoms with Crippen LogP contribution in [0.25, 0.3) is 10.2 Å². The number of hydrogen-bond donors (Lipinski definition) is 1. The number of hydrogen-bond acceptors (Lipinski definition) is 4. The van der Waals surface area contributed by atoms with Crippen molar-refractivity contribution < 1.29 is 0 Å². The first-order valence-electron chi connectivity index (χ1n) is 7.59. The fraction of sp³-hybridized carbons (Fsp3) is 0.294. The number of nitrogens with two attached hydrogens (primary N) is 1. The molecule has 2 aromatic heterocycles. The molecule has 2 heterocycles. The van der Waals surface area contributed by atoms with Gasteiger partial charge in [0.2, 0.25) is 0 Å². The lowest BCUT2D eigenvalue weighted by molar-refractivity contribution is 0.698. The lowest BCUT2D eigenvalue weighted by atomic mass is 9.98. The normalized spacial score (nSPS) is 14.2. The minimum Gasteiger partial charge on any atom is -0.335 e. The number of fused-ring (bicyclic) bond motifs is 3. The molecule has 0 spiro atoms. The number of rotatable bonds is 2. The van der Waals surface area contributed by atoms with Gasteiger partial charge in [0.15, 0.2) is 0 Å². The molecule has 0 aliphatic heterocycles. The minimum atomic E-state index is -0.115. The molecule has 1 aromatic carbocycles. The van der Waals surface area contributed by atoms with E-state index in [1.165, 1.54) is 28.0 Å². The molecule has 0 saturated carbocycles. The van der Waals surface area contributed by atoms with Gasteiger partial charge in [-0.2, -0.15) is 0 Å². The van der Waals surface area contributed by atoms with Crippen molar-refractivity contribution in [1.29, 1.82) is 0 Å². The van der Waals surface area contributed by atoms with Crippen molar-refractivity contribution in [2.24, 2.45) is 0 Å². The highest BCUT2D eigenvalue weighted by Gasteiger charge is 2.21. The van der Waals surface area contributed by atoms with E-state index >= 15 is 0 Å². The van der Waals surface area contributed by atoms with Crippen molar-refractivity contribution in [2.45, 2.75) is 32.1 Å². The number of nitrogen functional groups attached to an aromatic ring is 1. The molecule has 0 saturated heterocycles. The van der Waals surface area contributed by atoms with Gasteiger partial charge in [-0.25, -0.2) is 9.66 Å². The predicted octanol–water partition coefficient (Wildman–Crippen LogP) is 2.64. The molecule has 5 heteroatoms. The third-order valence-electron chi connectivity index (χ3n) is 4.28. The Morgan fingerprint density at radius 3 is 2.77 bits per heavy atom. The van der Waals surface area contributed by atoms with Gasteiger partial charge >= 0.3 is 0 Å². The van der Waals surface area contributed by atoms with Gasteiger partial charge in [-0.05, 0) is 36.8 Å². The molecule has 112 valence electrons. The van der Waals surface area contributed by atoms with Crippen molar-refractivity contribution in [3.63, 3.8) is 0 Å². The molecule has 0 amide bonds. The van der Waals surface area contributed by atoms with E-state index in [1.807, 2.05) is 30.3 Å². The molecule has 0 bridgehead atoms. The van der Waals surface area contributed by atoms with E-state index in [4.69, 9.17) is 10.8 Å². The Morgan fingerprint density at radius 1 is 1.18 bits per heavy atom. The van der Waals surface area contributed by atoms with Gasteiger partial charge in [0.1, 0.15) is 10.5 Å². The second-order valence-electron chi connectivity index (χ2n) is 5.75.